The summed E-state index contributed by atoms with van der Waals surface area (Å²) in [6, 6.07) is 3.12. The normalized spacial score (nSPS) is 11.2. The third-order valence-corrected chi connectivity index (χ3v) is 2.73. The van der Waals surface area contributed by atoms with E-state index in [4.69, 9.17) is 0 Å². The van der Waals surface area contributed by atoms with E-state index in [9.17, 15) is 19.3 Å². The van der Waals surface area contributed by atoms with Gasteiger partial charge in [0.15, 0.2) is 0 Å². The summed E-state index contributed by atoms with van der Waals surface area (Å²) in [5, 5.41) is 13.4. The number of carbonyl (C=O) groups excluding carboxylic acids is 1. The Bertz CT molecular complexity index is 501. The van der Waals surface area contributed by atoms with Gasteiger partial charge in [-0.25, -0.2) is 0 Å². The van der Waals surface area contributed by atoms with E-state index in [1.54, 1.807) is 0 Å². The van der Waals surface area contributed by atoms with Crippen LogP contribution >= 0.6 is 0 Å². The predicted molar refractivity (Wildman–Crippen MR) is 69.5 cm³/mol. The van der Waals surface area contributed by atoms with Gasteiger partial charge in [-0.15, -0.1) is 0 Å². The van der Waals surface area contributed by atoms with Crippen LogP contribution in [0.2, 0.25) is 0 Å². The molecular formula is C13H17FN2O3. The van der Waals surface area contributed by atoms with Crippen molar-refractivity contribution in [3.05, 3.63) is 39.7 Å². The van der Waals surface area contributed by atoms with E-state index in [1.807, 2.05) is 20.8 Å². The van der Waals surface area contributed by atoms with Crippen molar-refractivity contribution in [3.63, 3.8) is 0 Å². The molecule has 1 amide bonds. The zero-order valence-corrected chi connectivity index (χ0v) is 11.2. The molecule has 5 nitrogen and oxygen atoms in total. The predicted octanol–water partition coefficient (Wildman–Crippen LogP) is 3.04. The minimum atomic E-state index is -0.950. The molecule has 0 aliphatic heterocycles. The van der Waals surface area contributed by atoms with Gasteiger partial charge >= 0.3 is 5.69 Å². The molecule has 0 heterocycles. The molecule has 0 aromatic heterocycles. The number of carbonyl (C=O) groups is 1. The van der Waals surface area contributed by atoms with Crippen LogP contribution < -0.4 is 5.32 Å². The molecule has 0 unspecified atom stereocenters. The number of hydrogen-bond acceptors (Lipinski definition) is 3. The number of halogens is 1. The van der Waals surface area contributed by atoms with Crippen molar-refractivity contribution in [1.29, 1.82) is 0 Å². The standard InChI is InChI=1S/C13H17FN2O3/c1-4-7-13(2,3)15-12(17)9-5-6-10(14)11(8-9)16(18)19/h5-6,8H,4,7H2,1-3H3,(H,15,17). The maximum absolute atomic E-state index is 13.2. The molecule has 0 saturated heterocycles. The molecule has 0 fully saturated rings. The molecule has 104 valence electrons. The summed E-state index contributed by atoms with van der Waals surface area (Å²) in [5.41, 5.74) is -1.02. The number of hydrogen-bond donors (Lipinski definition) is 1. The molecule has 0 saturated carbocycles. The average Bonchev–Trinajstić information content (AvgIpc) is 2.28. The topological polar surface area (TPSA) is 72.2 Å². The highest BCUT2D eigenvalue weighted by molar-refractivity contribution is 5.95. The summed E-state index contributed by atoms with van der Waals surface area (Å²) in [4.78, 5) is 21.7. The molecule has 0 atom stereocenters. The Balaban J connectivity index is 2.95. The van der Waals surface area contributed by atoms with Crippen molar-refractivity contribution >= 4 is 11.6 Å². The van der Waals surface area contributed by atoms with Gasteiger partial charge in [-0.3, -0.25) is 14.9 Å². The number of benzene rings is 1. The lowest BCUT2D eigenvalue weighted by atomic mass is 9.98. The monoisotopic (exact) mass is 268 g/mol. The van der Waals surface area contributed by atoms with Crippen molar-refractivity contribution in [1.82, 2.24) is 5.32 Å². The van der Waals surface area contributed by atoms with Crippen LogP contribution in [0, 0.1) is 15.9 Å². The van der Waals surface area contributed by atoms with Crippen LogP contribution in [-0.4, -0.2) is 16.4 Å². The van der Waals surface area contributed by atoms with Gasteiger partial charge in [-0.05, 0) is 32.4 Å². The summed E-state index contributed by atoms with van der Waals surface area (Å²) in [6.07, 6.45) is 1.68. The maximum atomic E-state index is 13.2. The first-order valence-electron chi connectivity index (χ1n) is 6.03. The zero-order valence-electron chi connectivity index (χ0n) is 11.2. The Kier molecular flexibility index (Phi) is 4.58. The SMILES string of the molecule is CCCC(C)(C)NC(=O)c1ccc(F)c([N+](=O)[O-])c1. The van der Waals surface area contributed by atoms with Gasteiger partial charge < -0.3 is 5.32 Å². The van der Waals surface area contributed by atoms with E-state index in [1.165, 1.54) is 6.07 Å². The summed E-state index contributed by atoms with van der Waals surface area (Å²) in [6.45, 7) is 5.73. The van der Waals surface area contributed by atoms with Gasteiger partial charge in [-0.2, -0.15) is 4.39 Å². The Morgan fingerprint density at radius 1 is 1.47 bits per heavy atom. The molecule has 1 rings (SSSR count). The lowest BCUT2D eigenvalue weighted by Gasteiger charge is -2.25. The Hall–Kier alpha value is -1.98. The second kappa shape index (κ2) is 5.77. The average molecular weight is 268 g/mol. The number of rotatable bonds is 5. The van der Waals surface area contributed by atoms with Gasteiger partial charge in [0.05, 0.1) is 4.92 Å². The largest absolute Gasteiger partial charge is 0.347 e. The molecule has 19 heavy (non-hydrogen) atoms. The van der Waals surface area contributed by atoms with E-state index in [2.05, 4.69) is 5.32 Å². The summed E-state index contributed by atoms with van der Waals surface area (Å²) in [7, 11) is 0. The molecule has 0 radical (unpaired) electrons. The minimum absolute atomic E-state index is 0.0808. The van der Waals surface area contributed by atoms with Crippen molar-refractivity contribution < 1.29 is 14.1 Å². The van der Waals surface area contributed by atoms with Crippen molar-refractivity contribution in [2.45, 2.75) is 39.2 Å². The van der Waals surface area contributed by atoms with Crippen molar-refractivity contribution in [3.8, 4) is 0 Å². The van der Waals surface area contributed by atoms with Crippen LogP contribution in [-0.2, 0) is 0 Å². The summed E-state index contributed by atoms with van der Waals surface area (Å²) >= 11 is 0. The number of nitro benzene ring substituents is 1. The minimum Gasteiger partial charge on any atom is -0.347 e. The quantitative estimate of drug-likeness (QED) is 0.659. The number of nitro groups is 1. The maximum Gasteiger partial charge on any atom is 0.305 e. The van der Waals surface area contributed by atoms with E-state index in [0.717, 1.165) is 25.0 Å². The Morgan fingerprint density at radius 3 is 2.63 bits per heavy atom. The van der Waals surface area contributed by atoms with E-state index in [0.29, 0.717) is 0 Å². The van der Waals surface area contributed by atoms with Crippen LogP contribution in [0.25, 0.3) is 0 Å². The van der Waals surface area contributed by atoms with Crippen LogP contribution in [0.1, 0.15) is 44.0 Å². The molecule has 0 aliphatic carbocycles. The summed E-state index contributed by atoms with van der Waals surface area (Å²) in [5.74, 6) is -1.39. The fourth-order valence-corrected chi connectivity index (χ4v) is 1.86. The van der Waals surface area contributed by atoms with Gasteiger partial charge in [0.1, 0.15) is 0 Å². The number of amides is 1. The molecule has 1 N–H and O–H groups in total. The number of nitrogens with zero attached hydrogens (tertiary/aromatic N) is 1. The second-order valence-corrected chi connectivity index (χ2v) is 5.01. The molecule has 1 aromatic rings. The Morgan fingerprint density at radius 2 is 2.11 bits per heavy atom. The van der Waals surface area contributed by atoms with Crippen LogP contribution in [0.5, 0.6) is 0 Å². The molecule has 0 spiro atoms. The fourth-order valence-electron chi connectivity index (χ4n) is 1.86. The van der Waals surface area contributed by atoms with Gasteiger partial charge in [0.25, 0.3) is 5.91 Å². The zero-order chi connectivity index (χ0) is 14.6. The number of nitrogens with one attached hydrogen (secondary N) is 1. The lowest BCUT2D eigenvalue weighted by Crippen LogP contribution is -2.43. The van der Waals surface area contributed by atoms with Crippen LogP contribution in [0.15, 0.2) is 18.2 Å². The highest BCUT2D eigenvalue weighted by Gasteiger charge is 2.22. The highest BCUT2D eigenvalue weighted by Crippen LogP contribution is 2.19. The van der Waals surface area contributed by atoms with E-state index in [-0.39, 0.29) is 5.56 Å². The third-order valence-electron chi connectivity index (χ3n) is 2.73. The molecule has 0 bridgehead atoms. The fraction of sp³-hybridized carbons (Fsp3) is 0.462. The molecule has 0 aliphatic rings. The van der Waals surface area contributed by atoms with Crippen LogP contribution in [0.3, 0.4) is 0 Å². The van der Waals surface area contributed by atoms with Crippen molar-refractivity contribution in [2.75, 3.05) is 0 Å². The third kappa shape index (κ3) is 4.01. The first-order chi connectivity index (χ1) is 8.76. The first kappa shape index (κ1) is 15.1. The van der Waals surface area contributed by atoms with Gasteiger partial charge in [0, 0.05) is 17.2 Å². The first-order valence-corrected chi connectivity index (χ1v) is 6.03. The van der Waals surface area contributed by atoms with Gasteiger partial charge in [0.2, 0.25) is 5.82 Å². The smallest absolute Gasteiger partial charge is 0.305 e. The summed E-state index contributed by atoms with van der Waals surface area (Å²) < 4.78 is 13.2. The second-order valence-electron chi connectivity index (χ2n) is 5.01. The molecule has 1 aromatic carbocycles. The van der Waals surface area contributed by atoms with Crippen molar-refractivity contribution in [2.24, 2.45) is 0 Å². The van der Waals surface area contributed by atoms with E-state index >= 15 is 0 Å². The van der Waals surface area contributed by atoms with Gasteiger partial charge in [-0.1, -0.05) is 13.3 Å². The highest BCUT2D eigenvalue weighted by atomic mass is 19.1. The Labute approximate surface area is 111 Å². The van der Waals surface area contributed by atoms with E-state index < -0.39 is 27.9 Å². The van der Waals surface area contributed by atoms with Crippen LogP contribution in [0.4, 0.5) is 10.1 Å². The lowest BCUT2D eigenvalue weighted by molar-refractivity contribution is -0.387. The molecular weight excluding hydrogens is 251 g/mol. The molecule has 6 heteroatoms.